The molecule has 0 unspecified atom stereocenters. The normalized spacial score (nSPS) is 10.5. The maximum atomic E-state index is 12.0. The Morgan fingerprint density at radius 1 is 1.12 bits per heavy atom. The predicted molar refractivity (Wildman–Crippen MR) is 102 cm³/mol. The number of amides is 1. The molecule has 0 spiro atoms. The largest absolute Gasteiger partial charge is 0.493 e. The second-order valence-corrected chi connectivity index (χ2v) is 6.74. The second kappa shape index (κ2) is 9.25. The summed E-state index contributed by atoms with van der Waals surface area (Å²) in [6, 6.07) is 11.9. The van der Waals surface area contributed by atoms with E-state index in [1.807, 2.05) is 13.0 Å². The maximum absolute atomic E-state index is 12.0. The van der Waals surface area contributed by atoms with E-state index in [0.29, 0.717) is 34.5 Å². The Bertz CT molecular complexity index is 772. The fourth-order valence-electron chi connectivity index (χ4n) is 2.07. The molecule has 0 bridgehead atoms. The minimum Gasteiger partial charge on any atom is -0.493 e. The van der Waals surface area contributed by atoms with E-state index in [4.69, 9.17) is 21.1 Å². The van der Waals surface area contributed by atoms with Crippen LogP contribution in [0.4, 0.5) is 5.69 Å². The van der Waals surface area contributed by atoms with Crippen molar-refractivity contribution in [2.24, 2.45) is 5.92 Å². The zero-order valence-electron chi connectivity index (χ0n) is 15.0. The first-order valence-electron chi connectivity index (χ1n) is 8.31. The first-order valence-corrected chi connectivity index (χ1v) is 8.69. The molecule has 0 atom stereocenters. The fraction of sp³-hybridized carbons (Fsp3) is 0.300. The molecule has 0 radical (unpaired) electrons. The number of hydrogen-bond donors (Lipinski definition) is 1. The van der Waals surface area contributed by atoms with Gasteiger partial charge in [-0.1, -0.05) is 31.5 Å². The molecule has 0 aliphatic rings. The molecule has 1 amide bonds. The van der Waals surface area contributed by atoms with Crippen molar-refractivity contribution in [1.82, 2.24) is 0 Å². The SMILES string of the molecule is Cc1ccc(NC(=O)COC(=O)c2ccc(OCC(C)C)cc2)c(Cl)c1. The Labute approximate surface area is 158 Å². The van der Waals surface area contributed by atoms with Crippen LogP contribution in [0, 0.1) is 12.8 Å². The number of anilines is 1. The lowest BCUT2D eigenvalue weighted by molar-refractivity contribution is -0.119. The van der Waals surface area contributed by atoms with Crippen LogP contribution in [0.2, 0.25) is 5.02 Å². The lowest BCUT2D eigenvalue weighted by Gasteiger charge is -2.10. The van der Waals surface area contributed by atoms with Crippen molar-refractivity contribution in [3.63, 3.8) is 0 Å². The summed E-state index contributed by atoms with van der Waals surface area (Å²) in [6.45, 7) is 6.22. The predicted octanol–water partition coefficient (Wildman–Crippen LogP) is 4.48. The highest BCUT2D eigenvalue weighted by Gasteiger charge is 2.12. The summed E-state index contributed by atoms with van der Waals surface area (Å²) in [4.78, 5) is 23.9. The quantitative estimate of drug-likeness (QED) is 0.725. The summed E-state index contributed by atoms with van der Waals surface area (Å²) < 4.78 is 10.6. The van der Waals surface area contributed by atoms with E-state index < -0.39 is 18.5 Å². The standard InChI is InChI=1S/C20H22ClNO4/c1-13(2)11-25-16-7-5-15(6-8-16)20(24)26-12-19(23)22-18-9-4-14(3)10-17(18)21/h4-10,13H,11-12H2,1-3H3,(H,22,23). The van der Waals surface area contributed by atoms with Crippen molar-refractivity contribution in [1.29, 1.82) is 0 Å². The second-order valence-electron chi connectivity index (χ2n) is 6.34. The minimum atomic E-state index is -0.578. The number of aryl methyl sites for hydroxylation is 1. The zero-order chi connectivity index (χ0) is 19.1. The molecular weight excluding hydrogens is 354 g/mol. The van der Waals surface area contributed by atoms with Crippen molar-refractivity contribution < 1.29 is 19.1 Å². The molecular formula is C20H22ClNO4. The van der Waals surface area contributed by atoms with E-state index in [1.165, 1.54) is 0 Å². The van der Waals surface area contributed by atoms with Crippen molar-refractivity contribution in [2.45, 2.75) is 20.8 Å². The molecule has 0 aromatic heterocycles. The highest BCUT2D eigenvalue weighted by atomic mass is 35.5. The molecule has 0 heterocycles. The average molecular weight is 376 g/mol. The first-order chi connectivity index (χ1) is 12.3. The smallest absolute Gasteiger partial charge is 0.338 e. The molecule has 2 aromatic rings. The molecule has 0 saturated carbocycles. The summed E-state index contributed by atoms with van der Waals surface area (Å²) in [5.41, 5.74) is 1.81. The van der Waals surface area contributed by atoms with Crippen molar-refractivity contribution in [3.05, 3.63) is 58.6 Å². The van der Waals surface area contributed by atoms with Gasteiger partial charge < -0.3 is 14.8 Å². The molecule has 6 heteroatoms. The summed E-state index contributed by atoms with van der Waals surface area (Å²) >= 11 is 6.06. The van der Waals surface area contributed by atoms with Crippen LogP contribution in [-0.4, -0.2) is 25.1 Å². The minimum absolute atomic E-state index is 0.350. The Hall–Kier alpha value is -2.53. The lowest BCUT2D eigenvalue weighted by atomic mass is 10.2. The van der Waals surface area contributed by atoms with Gasteiger partial charge >= 0.3 is 5.97 Å². The molecule has 0 fully saturated rings. The summed E-state index contributed by atoms with van der Waals surface area (Å²) in [6.07, 6.45) is 0. The van der Waals surface area contributed by atoms with Crippen LogP contribution in [0.5, 0.6) is 5.75 Å². The van der Waals surface area contributed by atoms with E-state index in [-0.39, 0.29) is 0 Å². The van der Waals surface area contributed by atoms with Gasteiger partial charge in [-0.2, -0.15) is 0 Å². The highest BCUT2D eigenvalue weighted by Crippen LogP contribution is 2.22. The van der Waals surface area contributed by atoms with Crippen molar-refractivity contribution >= 4 is 29.2 Å². The summed E-state index contributed by atoms with van der Waals surface area (Å²) in [5.74, 6) is 0.0637. The molecule has 2 rings (SSSR count). The van der Waals surface area contributed by atoms with Gasteiger partial charge in [-0.05, 0) is 54.8 Å². The highest BCUT2D eigenvalue weighted by molar-refractivity contribution is 6.33. The van der Waals surface area contributed by atoms with Gasteiger partial charge in [-0.15, -0.1) is 0 Å². The van der Waals surface area contributed by atoms with Crippen LogP contribution in [0.15, 0.2) is 42.5 Å². The van der Waals surface area contributed by atoms with Gasteiger partial charge in [0.25, 0.3) is 5.91 Å². The third kappa shape index (κ3) is 6.08. The molecule has 0 aliphatic heterocycles. The Balaban J connectivity index is 1.84. The van der Waals surface area contributed by atoms with E-state index in [0.717, 1.165) is 5.56 Å². The topological polar surface area (TPSA) is 64.6 Å². The molecule has 2 aromatic carbocycles. The maximum Gasteiger partial charge on any atom is 0.338 e. The Kier molecular flexibility index (Phi) is 7.04. The van der Waals surface area contributed by atoms with Crippen LogP contribution in [0.1, 0.15) is 29.8 Å². The van der Waals surface area contributed by atoms with Gasteiger partial charge in [0.1, 0.15) is 5.75 Å². The molecule has 26 heavy (non-hydrogen) atoms. The van der Waals surface area contributed by atoms with Crippen LogP contribution >= 0.6 is 11.6 Å². The van der Waals surface area contributed by atoms with Gasteiger partial charge in [-0.25, -0.2) is 4.79 Å². The number of benzene rings is 2. The molecule has 5 nitrogen and oxygen atoms in total. The van der Waals surface area contributed by atoms with Crippen LogP contribution in [0.25, 0.3) is 0 Å². The number of rotatable bonds is 7. The van der Waals surface area contributed by atoms with E-state index in [9.17, 15) is 9.59 Å². The summed E-state index contributed by atoms with van der Waals surface area (Å²) in [7, 11) is 0. The molecule has 1 N–H and O–H groups in total. The van der Waals surface area contributed by atoms with Gasteiger partial charge in [0.05, 0.1) is 22.9 Å². The van der Waals surface area contributed by atoms with Gasteiger partial charge in [0, 0.05) is 0 Å². The zero-order valence-corrected chi connectivity index (χ0v) is 15.8. The van der Waals surface area contributed by atoms with E-state index in [1.54, 1.807) is 36.4 Å². The number of hydrogen-bond acceptors (Lipinski definition) is 4. The monoisotopic (exact) mass is 375 g/mol. The number of nitrogens with one attached hydrogen (secondary N) is 1. The van der Waals surface area contributed by atoms with Gasteiger partial charge in [0.15, 0.2) is 6.61 Å². The van der Waals surface area contributed by atoms with Crippen LogP contribution < -0.4 is 10.1 Å². The van der Waals surface area contributed by atoms with E-state index >= 15 is 0 Å². The Morgan fingerprint density at radius 2 is 1.81 bits per heavy atom. The Morgan fingerprint density at radius 3 is 2.42 bits per heavy atom. The number of carbonyl (C=O) groups is 2. The number of ether oxygens (including phenoxy) is 2. The van der Waals surface area contributed by atoms with Crippen molar-refractivity contribution in [3.8, 4) is 5.75 Å². The fourth-order valence-corrected chi connectivity index (χ4v) is 2.35. The third-order valence-corrected chi connectivity index (χ3v) is 3.72. The van der Waals surface area contributed by atoms with E-state index in [2.05, 4.69) is 19.2 Å². The first kappa shape index (κ1) is 19.8. The van der Waals surface area contributed by atoms with Crippen LogP contribution in [0.3, 0.4) is 0 Å². The van der Waals surface area contributed by atoms with Gasteiger partial charge in [-0.3, -0.25) is 4.79 Å². The third-order valence-electron chi connectivity index (χ3n) is 3.41. The average Bonchev–Trinajstić information content (AvgIpc) is 2.60. The summed E-state index contributed by atoms with van der Waals surface area (Å²) in [5, 5.41) is 3.04. The molecule has 0 aliphatic carbocycles. The number of carbonyl (C=O) groups excluding carboxylic acids is 2. The number of halogens is 1. The lowest BCUT2D eigenvalue weighted by Crippen LogP contribution is -2.21. The van der Waals surface area contributed by atoms with Gasteiger partial charge in [0.2, 0.25) is 0 Å². The molecule has 0 saturated heterocycles. The van der Waals surface area contributed by atoms with Crippen molar-refractivity contribution in [2.75, 3.05) is 18.5 Å². The van der Waals surface area contributed by atoms with Crippen LogP contribution in [-0.2, 0) is 9.53 Å². The number of esters is 1. The molecule has 138 valence electrons.